The van der Waals surface area contributed by atoms with E-state index < -0.39 is 0 Å². The van der Waals surface area contributed by atoms with Crippen molar-refractivity contribution in [2.75, 3.05) is 19.6 Å². The molecule has 1 unspecified atom stereocenters. The fourth-order valence-corrected chi connectivity index (χ4v) is 4.84. The molecule has 1 fully saturated rings. The Hall–Kier alpha value is -3.22. The number of rotatable bonds is 4. The van der Waals surface area contributed by atoms with Crippen LogP contribution in [0, 0.1) is 13.8 Å². The van der Waals surface area contributed by atoms with Gasteiger partial charge in [-0.1, -0.05) is 24.3 Å². The summed E-state index contributed by atoms with van der Waals surface area (Å²) in [6.45, 7) is 10.3. The Balaban J connectivity index is 1.34. The van der Waals surface area contributed by atoms with E-state index in [1.807, 2.05) is 38.1 Å². The maximum absolute atomic E-state index is 12.1. The molecule has 0 radical (unpaired) electrons. The molecular formula is C27H28N2O4. The topological polar surface area (TPSA) is 66.9 Å². The number of aryl methyl sites for hydroxylation is 2. The van der Waals surface area contributed by atoms with Crippen LogP contribution in [0.15, 0.2) is 67.0 Å². The van der Waals surface area contributed by atoms with Crippen LogP contribution in [0.2, 0.25) is 0 Å². The Labute approximate surface area is 192 Å². The van der Waals surface area contributed by atoms with Crippen LogP contribution in [0.4, 0.5) is 0 Å². The normalized spacial score (nSPS) is 17.7. The van der Waals surface area contributed by atoms with E-state index in [0.29, 0.717) is 30.3 Å². The molecule has 0 amide bonds. The van der Waals surface area contributed by atoms with Crippen LogP contribution in [0.25, 0.3) is 21.9 Å². The van der Waals surface area contributed by atoms with Gasteiger partial charge in [0.2, 0.25) is 0 Å². The summed E-state index contributed by atoms with van der Waals surface area (Å²) < 4.78 is 10.8. The zero-order valence-electron chi connectivity index (χ0n) is 19.3. The monoisotopic (exact) mass is 444 g/mol. The van der Waals surface area contributed by atoms with Gasteiger partial charge in [0, 0.05) is 61.7 Å². The summed E-state index contributed by atoms with van der Waals surface area (Å²) in [5, 5.41) is 1.99. The first-order valence-corrected chi connectivity index (χ1v) is 11.4. The first-order valence-electron chi connectivity index (χ1n) is 11.4. The predicted octanol–water partition coefficient (Wildman–Crippen LogP) is 4.22. The molecule has 33 heavy (non-hydrogen) atoms. The smallest absolute Gasteiger partial charge is 0.336 e. The van der Waals surface area contributed by atoms with Crippen molar-refractivity contribution < 1.29 is 8.83 Å². The van der Waals surface area contributed by atoms with Gasteiger partial charge < -0.3 is 8.83 Å². The molecule has 1 aliphatic heterocycles. The summed E-state index contributed by atoms with van der Waals surface area (Å²) in [5.74, 6) is 0. The molecule has 0 saturated carbocycles. The molecule has 1 aliphatic rings. The molecule has 6 heteroatoms. The molecule has 6 nitrogen and oxygen atoms in total. The van der Waals surface area contributed by atoms with Crippen molar-refractivity contribution in [3.63, 3.8) is 0 Å². The van der Waals surface area contributed by atoms with Crippen LogP contribution in [0.1, 0.15) is 29.2 Å². The molecule has 2 aromatic heterocycles. The number of benzene rings is 2. The Morgan fingerprint density at radius 1 is 0.788 bits per heavy atom. The van der Waals surface area contributed by atoms with Gasteiger partial charge in [-0.15, -0.1) is 0 Å². The number of nitrogens with zero attached hydrogens (tertiary/aromatic N) is 2. The zero-order chi connectivity index (χ0) is 23.1. The summed E-state index contributed by atoms with van der Waals surface area (Å²) in [6, 6.07) is 15.6. The van der Waals surface area contributed by atoms with E-state index in [4.69, 9.17) is 8.83 Å². The number of hydrogen-bond donors (Lipinski definition) is 0. The van der Waals surface area contributed by atoms with E-state index in [9.17, 15) is 9.59 Å². The van der Waals surface area contributed by atoms with Gasteiger partial charge in [0.15, 0.2) is 0 Å². The third kappa shape index (κ3) is 4.49. The average Bonchev–Trinajstić information content (AvgIpc) is 2.74. The predicted molar refractivity (Wildman–Crippen MR) is 130 cm³/mol. The standard InChI is InChI=1S/C27H28N2O4/c1-17-4-6-22-20(12-26(30)32-24(22)10-17)15-28-8-9-29(19(3)14-28)16-21-13-27(31)33-25-11-18(2)5-7-23(21)25/h4-7,10-13,19H,8-9,14-16H2,1-3H3. The third-order valence-corrected chi connectivity index (χ3v) is 6.59. The van der Waals surface area contributed by atoms with E-state index in [0.717, 1.165) is 52.7 Å². The summed E-state index contributed by atoms with van der Waals surface area (Å²) in [5.41, 5.74) is 4.83. The lowest BCUT2D eigenvalue weighted by Crippen LogP contribution is -2.51. The summed E-state index contributed by atoms with van der Waals surface area (Å²) >= 11 is 0. The molecule has 1 atom stereocenters. The molecule has 3 heterocycles. The molecule has 5 rings (SSSR count). The molecule has 1 saturated heterocycles. The Morgan fingerprint density at radius 3 is 1.88 bits per heavy atom. The number of fused-ring (bicyclic) bond motifs is 2. The minimum atomic E-state index is -0.306. The fourth-order valence-electron chi connectivity index (χ4n) is 4.84. The van der Waals surface area contributed by atoms with Crippen LogP contribution in [-0.2, 0) is 13.1 Å². The highest BCUT2D eigenvalue weighted by Crippen LogP contribution is 2.24. The van der Waals surface area contributed by atoms with Crippen LogP contribution >= 0.6 is 0 Å². The zero-order valence-corrected chi connectivity index (χ0v) is 19.3. The lowest BCUT2D eigenvalue weighted by molar-refractivity contribution is 0.0737. The molecule has 4 aromatic rings. The Bertz CT molecular complexity index is 1450. The van der Waals surface area contributed by atoms with E-state index in [2.05, 4.69) is 28.9 Å². The minimum absolute atomic E-state index is 0.306. The van der Waals surface area contributed by atoms with Crippen molar-refractivity contribution in [3.05, 3.63) is 91.6 Å². The van der Waals surface area contributed by atoms with Gasteiger partial charge in [-0.25, -0.2) is 9.59 Å². The van der Waals surface area contributed by atoms with Gasteiger partial charge in [-0.05, 0) is 55.2 Å². The summed E-state index contributed by atoms with van der Waals surface area (Å²) in [7, 11) is 0. The van der Waals surface area contributed by atoms with Crippen molar-refractivity contribution in [2.24, 2.45) is 0 Å². The molecule has 0 bridgehead atoms. The first kappa shape index (κ1) is 21.6. The number of hydrogen-bond acceptors (Lipinski definition) is 6. The van der Waals surface area contributed by atoms with Gasteiger partial charge in [0.1, 0.15) is 11.2 Å². The highest BCUT2D eigenvalue weighted by Gasteiger charge is 2.25. The average molecular weight is 445 g/mol. The molecular weight excluding hydrogens is 416 g/mol. The quantitative estimate of drug-likeness (QED) is 0.439. The van der Waals surface area contributed by atoms with Crippen molar-refractivity contribution >= 4 is 21.9 Å². The maximum atomic E-state index is 12.1. The van der Waals surface area contributed by atoms with Gasteiger partial charge in [-0.3, -0.25) is 9.80 Å². The molecule has 2 aromatic carbocycles. The van der Waals surface area contributed by atoms with Crippen LogP contribution in [-0.4, -0.2) is 35.5 Å². The molecule has 170 valence electrons. The van der Waals surface area contributed by atoms with Gasteiger partial charge in [0.05, 0.1) is 0 Å². The first-order chi connectivity index (χ1) is 15.9. The molecule has 0 N–H and O–H groups in total. The number of piperazine rings is 1. The highest BCUT2D eigenvalue weighted by atomic mass is 16.4. The van der Waals surface area contributed by atoms with Crippen LogP contribution < -0.4 is 11.3 Å². The Kier molecular flexibility index (Phi) is 5.64. The lowest BCUT2D eigenvalue weighted by atomic mass is 10.0. The SMILES string of the molecule is Cc1ccc2c(CN3CCN(Cc4cc(=O)oc5cc(C)ccc45)C(C)C3)cc(=O)oc2c1. The summed E-state index contributed by atoms with van der Waals surface area (Å²) in [6.07, 6.45) is 0. The Morgan fingerprint density at radius 2 is 1.33 bits per heavy atom. The highest BCUT2D eigenvalue weighted by molar-refractivity contribution is 5.81. The van der Waals surface area contributed by atoms with Crippen molar-refractivity contribution in [1.29, 1.82) is 0 Å². The molecule has 0 aliphatic carbocycles. The fraction of sp³-hybridized carbons (Fsp3) is 0.333. The second-order valence-electron chi connectivity index (χ2n) is 9.24. The lowest BCUT2D eigenvalue weighted by Gasteiger charge is -2.40. The van der Waals surface area contributed by atoms with Gasteiger partial charge >= 0.3 is 11.3 Å². The third-order valence-electron chi connectivity index (χ3n) is 6.59. The molecule has 0 spiro atoms. The van der Waals surface area contributed by atoms with E-state index in [-0.39, 0.29) is 11.3 Å². The van der Waals surface area contributed by atoms with E-state index in [1.54, 1.807) is 12.1 Å². The summed E-state index contributed by atoms with van der Waals surface area (Å²) in [4.78, 5) is 29.0. The minimum Gasteiger partial charge on any atom is -0.423 e. The van der Waals surface area contributed by atoms with Gasteiger partial charge in [-0.2, -0.15) is 0 Å². The largest absolute Gasteiger partial charge is 0.423 e. The van der Waals surface area contributed by atoms with Crippen molar-refractivity contribution in [3.8, 4) is 0 Å². The van der Waals surface area contributed by atoms with Crippen LogP contribution in [0.3, 0.4) is 0 Å². The van der Waals surface area contributed by atoms with E-state index in [1.165, 1.54) is 0 Å². The van der Waals surface area contributed by atoms with Gasteiger partial charge in [0.25, 0.3) is 0 Å². The van der Waals surface area contributed by atoms with Crippen molar-refractivity contribution in [1.82, 2.24) is 9.80 Å². The maximum Gasteiger partial charge on any atom is 0.336 e. The second-order valence-corrected chi connectivity index (χ2v) is 9.24. The van der Waals surface area contributed by atoms with Crippen LogP contribution in [0.5, 0.6) is 0 Å². The van der Waals surface area contributed by atoms with Crippen molar-refractivity contribution in [2.45, 2.75) is 39.9 Å². The second kappa shape index (κ2) is 8.61. The van der Waals surface area contributed by atoms with E-state index >= 15 is 0 Å².